The van der Waals surface area contributed by atoms with Crippen LogP contribution in [-0.4, -0.2) is 17.2 Å². The van der Waals surface area contributed by atoms with E-state index in [9.17, 15) is 15.0 Å². The molecule has 9 atom stereocenters. The standard InChI is InChI=1S/C29H46O3/c1-17(2)18(3)7-8-19(4)21-11-12-22-20-9-10-24-26(27(31)32)25(30)14-16-29(24,6)23(20)13-15-28(21,22)5/h18-19,21-22,24-26,30H,1,7-16H2,2-6H3,(H,31,32)/p-1/t18-,19+,21+,22-,24-,25-,26-,28+,29+/m0/s1. The molecule has 0 aliphatic heterocycles. The second-order valence-electron chi connectivity index (χ2n) is 12.6. The molecule has 32 heavy (non-hydrogen) atoms. The number of rotatable bonds is 6. The molecule has 1 N–H and O–H groups in total. The number of hydrogen-bond acceptors (Lipinski definition) is 3. The molecule has 0 heterocycles. The maximum Gasteiger partial charge on any atom is 0.0623 e. The van der Waals surface area contributed by atoms with Gasteiger partial charge in [-0.1, -0.05) is 51.0 Å². The van der Waals surface area contributed by atoms with Crippen molar-refractivity contribution in [3.05, 3.63) is 23.3 Å². The van der Waals surface area contributed by atoms with Gasteiger partial charge in [0.15, 0.2) is 0 Å². The van der Waals surface area contributed by atoms with E-state index < -0.39 is 18.0 Å². The molecule has 0 saturated heterocycles. The van der Waals surface area contributed by atoms with E-state index in [0.717, 1.165) is 37.5 Å². The predicted octanol–water partition coefficient (Wildman–Crippen LogP) is 5.67. The summed E-state index contributed by atoms with van der Waals surface area (Å²) in [5, 5.41) is 22.4. The number of aliphatic hydroxyl groups is 1. The molecular formula is C29H45O3-. The van der Waals surface area contributed by atoms with Crippen molar-refractivity contribution in [3.8, 4) is 0 Å². The van der Waals surface area contributed by atoms with Crippen LogP contribution in [0.5, 0.6) is 0 Å². The van der Waals surface area contributed by atoms with E-state index in [0.29, 0.717) is 23.7 Å². The van der Waals surface area contributed by atoms with Crippen LogP contribution in [0, 0.1) is 46.3 Å². The minimum atomic E-state index is -1.04. The largest absolute Gasteiger partial charge is 0.550 e. The fourth-order valence-corrected chi connectivity index (χ4v) is 8.82. The summed E-state index contributed by atoms with van der Waals surface area (Å²) in [5.74, 6) is 1.08. The van der Waals surface area contributed by atoms with Crippen molar-refractivity contribution in [1.82, 2.24) is 0 Å². The van der Waals surface area contributed by atoms with Crippen molar-refractivity contribution >= 4 is 5.97 Å². The first-order chi connectivity index (χ1) is 15.0. The van der Waals surface area contributed by atoms with Crippen LogP contribution in [0.4, 0.5) is 0 Å². The topological polar surface area (TPSA) is 60.4 Å². The summed E-state index contributed by atoms with van der Waals surface area (Å²) >= 11 is 0. The van der Waals surface area contributed by atoms with Gasteiger partial charge in [0.1, 0.15) is 0 Å². The Kier molecular flexibility index (Phi) is 6.46. The predicted molar refractivity (Wildman–Crippen MR) is 128 cm³/mol. The number of fused-ring (bicyclic) bond motifs is 4. The third-order valence-electron chi connectivity index (χ3n) is 11.0. The Morgan fingerprint density at radius 3 is 2.50 bits per heavy atom. The second kappa shape index (κ2) is 8.60. The van der Waals surface area contributed by atoms with Crippen molar-refractivity contribution in [2.24, 2.45) is 46.3 Å². The molecule has 0 bridgehead atoms. The Balaban J connectivity index is 1.57. The fourth-order valence-electron chi connectivity index (χ4n) is 8.82. The number of carbonyl (C=O) groups is 1. The van der Waals surface area contributed by atoms with Crippen LogP contribution in [0.1, 0.15) is 98.8 Å². The van der Waals surface area contributed by atoms with Gasteiger partial charge >= 0.3 is 0 Å². The Morgan fingerprint density at radius 1 is 1.12 bits per heavy atom. The zero-order valence-corrected chi connectivity index (χ0v) is 21.1. The van der Waals surface area contributed by atoms with Gasteiger partial charge in [-0.3, -0.25) is 0 Å². The van der Waals surface area contributed by atoms with Crippen LogP contribution < -0.4 is 5.11 Å². The lowest BCUT2D eigenvalue weighted by atomic mass is 9.48. The third-order valence-corrected chi connectivity index (χ3v) is 11.0. The highest BCUT2D eigenvalue weighted by molar-refractivity contribution is 5.69. The number of aliphatic carboxylic acids is 1. The zero-order chi connectivity index (χ0) is 23.4. The number of aliphatic hydroxyl groups excluding tert-OH is 1. The molecule has 0 aromatic carbocycles. The lowest BCUT2D eigenvalue weighted by Crippen LogP contribution is -2.54. The van der Waals surface area contributed by atoms with Crippen LogP contribution in [0.2, 0.25) is 0 Å². The van der Waals surface area contributed by atoms with E-state index in [1.54, 1.807) is 11.1 Å². The zero-order valence-electron chi connectivity index (χ0n) is 21.1. The molecule has 0 amide bonds. The van der Waals surface area contributed by atoms with E-state index in [-0.39, 0.29) is 11.3 Å². The molecule has 0 aromatic heterocycles. The third kappa shape index (κ3) is 3.71. The quantitative estimate of drug-likeness (QED) is 0.540. The van der Waals surface area contributed by atoms with Crippen LogP contribution >= 0.6 is 0 Å². The Morgan fingerprint density at radius 2 is 1.84 bits per heavy atom. The van der Waals surface area contributed by atoms with Crippen molar-refractivity contribution in [1.29, 1.82) is 0 Å². The Labute approximate surface area is 195 Å². The molecule has 3 heteroatoms. The number of carboxylic acids is 1. The fraction of sp³-hybridized carbons (Fsp3) is 0.828. The summed E-state index contributed by atoms with van der Waals surface area (Å²) in [7, 11) is 0. The molecule has 0 spiro atoms. The lowest BCUT2D eigenvalue weighted by Gasteiger charge is -2.57. The summed E-state index contributed by atoms with van der Waals surface area (Å²) in [5.41, 5.74) is 4.89. The summed E-state index contributed by atoms with van der Waals surface area (Å²) in [4.78, 5) is 11.9. The minimum absolute atomic E-state index is 0.0270. The van der Waals surface area contributed by atoms with E-state index in [1.165, 1.54) is 37.7 Å². The molecule has 4 rings (SSSR count). The van der Waals surface area contributed by atoms with Crippen molar-refractivity contribution in [3.63, 3.8) is 0 Å². The van der Waals surface area contributed by atoms with E-state index in [1.807, 2.05) is 0 Å². The first-order valence-corrected chi connectivity index (χ1v) is 13.3. The van der Waals surface area contributed by atoms with Gasteiger partial charge in [0.2, 0.25) is 0 Å². The van der Waals surface area contributed by atoms with Gasteiger partial charge in [-0.15, -0.1) is 0 Å². The average Bonchev–Trinajstić information content (AvgIpc) is 3.09. The van der Waals surface area contributed by atoms with Gasteiger partial charge < -0.3 is 15.0 Å². The first-order valence-electron chi connectivity index (χ1n) is 13.3. The van der Waals surface area contributed by atoms with Gasteiger partial charge in [0.25, 0.3) is 0 Å². The first kappa shape index (κ1) is 24.0. The highest BCUT2D eigenvalue weighted by Gasteiger charge is 2.57. The maximum atomic E-state index is 11.9. The van der Waals surface area contributed by atoms with Gasteiger partial charge in [0, 0.05) is 11.9 Å². The molecular weight excluding hydrogens is 396 g/mol. The molecule has 180 valence electrons. The van der Waals surface area contributed by atoms with Crippen LogP contribution in [0.3, 0.4) is 0 Å². The van der Waals surface area contributed by atoms with Gasteiger partial charge in [-0.25, -0.2) is 0 Å². The Bertz CT molecular complexity index is 796. The van der Waals surface area contributed by atoms with Crippen molar-refractivity contribution in [2.45, 2.75) is 105 Å². The lowest BCUT2D eigenvalue weighted by molar-refractivity contribution is -0.319. The van der Waals surface area contributed by atoms with Gasteiger partial charge in [-0.2, -0.15) is 0 Å². The molecule has 2 saturated carbocycles. The van der Waals surface area contributed by atoms with Crippen LogP contribution in [0.25, 0.3) is 0 Å². The van der Waals surface area contributed by atoms with Gasteiger partial charge in [-0.05, 0) is 112 Å². The molecule has 0 aromatic rings. The van der Waals surface area contributed by atoms with Crippen molar-refractivity contribution < 1.29 is 15.0 Å². The molecule has 2 fully saturated rings. The average molecular weight is 442 g/mol. The molecule has 0 unspecified atom stereocenters. The van der Waals surface area contributed by atoms with Crippen LogP contribution in [-0.2, 0) is 4.79 Å². The summed E-state index contributed by atoms with van der Waals surface area (Å²) in [6, 6.07) is 0. The van der Waals surface area contributed by atoms with E-state index >= 15 is 0 Å². The van der Waals surface area contributed by atoms with Crippen LogP contribution in [0.15, 0.2) is 23.3 Å². The number of carbonyl (C=O) groups excluding carboxylic acids is 1. The summed E-state index contributed by atoms with van der Waals surface area (Å²) < 4.78 is 0. The van der Waals surface area contributed by atoms with Crippen molar-refractivity contribution in [2.75, 3.05) is 0 Å². The highest BCUT2D eigenvalue weighted by atomic mass is 16.4. The summed E-state index contributed by atoms with van der Waals surface area (Å²) in [6.07, 6.45) is 10.2. The second-order valence-corrected chi connectivity index (χ2v) is 12.6. The smallest absolute Gasteiger partial charge is 0.0623 e. The normalized spacial score (nSPS) is 43.1. The highest BCUT2D eigenvalue weighted by Crippen LogP contribution is 2.66. The molecule has 0 radical (unpaired) electrons. The SMILES string of the molecule is C=C(C)[C@@H](C)CC[C@@H](C)[C@H]1CC[C@H]2C3=C(CC[C@]12C)[C@@]1(C)CC[C@H](O)[C@@H](C(=O)[O-])[C@@H]1CC3. The Hall–Kier alpha value is -1.09. The number of allylic oxidation sites excluding steroid dienone is 3. The van der Waals surface area contributed by atoms with E-state index in [2.05, 4.69) is 41.2 Å². The van der Waals surface area contributed by atoms with E-state index in [4.69, 9.17) is 0 Å². The maximum absolute atomic E-state index is 11.9. The monoisotopic (exact) mass is 441 g/mol. The number of hydrogen-bond donors (Lipinski definition) is 1. The number of carboxylic acid groups (broad SMARTS) is 1. The van der Waals surface area contributed by atoms with Gasteiger partial charge in [0.05, 0.1) is 6.10 Å². The molecule has 3 nitrogen and oxygen atoms in total. The molecule has 4 aliphatic rings. The minimum Gasteiger partial charge on any atom is -0.550 e. The molecule has 4 aliphatic carbocycles. The summed E-state index contributed by atoms with van der Waals surface area (Å²) in [6.45, 7) is 16.0.